The molecule has 2 aromatic carbocycles. The maximum absolute atomic E-state index is 12.3. The minimum Gasteiger partial charge on any atom is -0.331 e. The van der Waals surface area contributed by atoms with E-state index in [1.807, 2.05) is 30.3 Å². The Bertz CT molecular complexity index is 666. The third kappa shape index (κ3) is 3.14. The number of urea groups is 1. The van der Waals surface area contributed by atoms with Crippen LogP contribution in [-0.2, 0) is 12.8 Å². The van der Waals surface area contributed by atoms with Gasteiger partial charge in [-0.25, -0.2) is 4.79 Å². The number of para-hydroxylation sites is 1. The quantitative estimate of drug-likeness (QED) is 0.863. The Morgan fingerprint density at radius 1 is 1.14 bits per heavy atom. The summed E-state index contributed by atoms with van der Waals surface area (Å²) in [6.07, 6.45) is 4.13. The standard InChI is InChI=1S/C19H22N2O/c1-2-14-8-4-6-12-17(14)20-19(22)21-18-13-7-10-15-9-3-5-11-16(15)18/h3-6,8-9,11-12,18H,2,7,10,13H2,1H3,(H2,20,21,22)/t18-/m0/s1. The fourth-order valence-corrected chi connectivity index (χ4v) is 3.17. The lowest BCUT2D eigenvalue weighted by molar-refractivity contribution is 0.247. The molecule has 0 bridgehead atoms. The van der Waals surface area contributed by atoms with Crippen molar-refractivity contribution in [2.75, 3.05) is 5.32 Å². The van der Waals surface area contributed by atoms with Crippen molar-refractivity contribution in [1.82, 2.24) is 5.32 Å². The third-order valence-corrected chi connectivity index (χ3v) is 4.32. The van der Waals surface area contributed by atoms with Crippen LogP contribution < -0.4 is 10.6 Å². The van der Waals surface area contributed by atoms with Gasteiger partial charge >= 0.3 is 6.03 Å². The van der Waals surface area contributed by atoms with E-state index in [0.29, 0.717) is 0 Å². The van der Waals surface area contributed by atoms with Crippen LogP contribution in [0.25, 0.3) is 0 Å². The van der Waals surface area contributed by atoms with Crippen LogP contribution in [0.2, 0.25) is 0 Å². The van der Waals surface area contributed by atoms with Crippen LogP contribution in [0.3, 0.4) is 0 Å². The molecule has 0 aromatic heterocycles. The monoisotopic (exact) mass is 294 g/mol. The third-order valence-electron chi connectivity index (χ3n) is 4.32. The molecule has 3 nitrogen and oxygen atoms in total. The number of benzene rings is 2. The first-order chi connectivity index (χ1) is 10.8. The summed E-state index contributed by atoms with van der Waals surface area (Å²) in [5, 5.41) is 6.11. The first-order valence-electron chi connectivity index (χ1n) is 8.01. The SMILES string of the molecule is CCc1ccccc1NC(=O)N[C@H]1CCCc2ccccc21. The maximum Gasteiger partial charge on any atom is 0.319 e. The first kappa shape index (κ1) is 14.6. The van der Waals surface area contributed by atoms with Crippen molar-refractivity contribution in [3.63, 3.8) is 0 Å². The molecule has 0 spiro atoms. The summed E-state index contributed by atoms with van der Waals surface area (Å²) >= 11 is 0. The van der Waals surface area contributed by atoms with Crippen molar-refractivity contribution >= 4 is 11.7 Å². The Kier molecular flexibility index (Phi) is 4.42. The summed E-state index contributed by atoms with van der Waals surface area (Å²) in [5.74, 6) is 0. The van der Waals surface area contributed by atoms with E-state index in [2.05, 4.69) is 35.8 Å². The summed E-state index contributed by atoms with van der Waals surface area (Å²) in [6.45, 7) is 2.09. The molecule has 0 fully saturated rings. The molecule has 1 atom stereocenters. The minimum atomic E-state index is -0.123. The van der Waals surface area contributed by atoms with Gasteiger partial charge in [0.05, 0.1) is 6.04 Å². The zero-order valence-electron chi connectivity index (χ0n) is 12.9. The Morgan fingerprint density at radius 3 is 2.77 bits per heavy atom. The van der Waals surface area contributed by atoms with Crippen LogP contribution in [0.4, 0.5) is 10.5 Å². The second kappa shape index (κ2) is 6.65. The molecule has 1 aliphatic rings. The summed E-state index contributed by atoms with van der Waals surface area (Å²) in [5.41, 5.74) is 4.66. The summed E-state index contributed by atoms with van der Waals surface area (Å²) in [7, 11) is 0. The molecule has 0 unspecified atom stereocenters. The summed E-state index contributed by atoms with van der Waals surface area (Å²) in [4.78, 5) is 12.3. The van der Waals surface area contributed by atoms with E-state index in [-0.39, 0.29) is 12.1 Å². The molecule has 114 valence electrons. The Balaban J connectivity index is 1.70. The van der Waals surface area contributed by atoms with E-state index in [0.717, 1.165) is 36.9 Å². The largest absolute Gasteiger partial charge is 0.331 e. The molecule has 0 heterocycles. The lowest BCUT2D eigenvalue weighted by Gasteiger charge is -2.26. The van der Waals surface area contributed by atoms with Crippen molar-refractivity contribution < 1.29 is 4.79 Å². The fraction of sp³-hybridized carbons (Fsp3) is 0.316. The van der Waals surface area contributed by atoms with Gasteiger partial charge in [-0.05, 0) is 48.4 Å². The molecule has 2 amide bonds. The molecular formula is C19H22N2O. The average molecular weight is 294 g/mol. The van der Waals surface area contributed by atoms with E-state index in [1.54, 1.807) is 0 Å². The molecule has 0 aliphatic heterocycles. The van der Waals surface area contributed by atoms with Crippen LogP contribution in [0.1, 0.15) is 42.5 Å². The molecule has 1 aliphatic carbocycles. The molecule has 0 radical (unpaired) electrons. The lowest BCUT2D eigenvalue weighted by atomic mass is 9.88. The molecule has 2 aromatic rings. The Morgan fingerprint density at radius 2 is 1.91 bits per heavy atom. The van der Waals surface area contributed by atoms with Gasteiger partial charge in [0.2, 0.25) is 0 Å². The number of nitrogens with one attached hydrogen (secondary N) is 2. The van der Waals surface area contributed by atoms with Crippen LogP contribution in [-0.4, -0.2) is 6.03 Å². The maximum atomic E-state index is 12.3. The van der Waals surface area contributed by atoms with E-state index in [9.17, 15) is 4.79 Å². The number of hydrogen-bond acceptors (Lipinski definition) is 1. The number of carbonyl (C=O) groups is 1. The zero-order valence-corrected chi connectivity index (χ0v) is 12.9. The number of carbonyl (C=O) groups excluding carboxylic acids is 1. The van der Waals surface area contributed by atoms with Gasteiger partial charge < -0.3 is 10.6 Å². The van der Waals surface area contributed by atoms with Gasteiger partial charge in [-0.3, -0.25) is 0 Å². The number of amides is 2. The lowest BCUT2D eigenvalue weighted by Crippen LogP contribution is -2.34. The number of aryl methyl sites for hydroxylation is 2. The summed E-state index contributed by atoms with van der Waals surface area (Å²) in [6, 6.07) is 16.3. The van der Waals surface area contributed by atoms with Crippen molar-refractivity contribution in [3.8, 4) is 0 Å². The van der Waals surface area contributed by atoms with Crippen LogP contribution in [0.15, 0.2) is 48.5 Å². The number of rotatable bonds is 3. The Labute approximate surface area is 131 Å². The predicted molar refractivity (Wildman–Crippen MR) is 90.1 cm³/mol. The van der Waals surface area contributed by atoms with Crippen molar-refractivity contribution in [3.05, 3.63) is 65.2 Å². The fourth-order valence-electron chi connectivity index (χ4n) is 3.17. The van der Waals surface area contributed by atoms with Gasteiger partial charge in [0.1, 0.15) is 0 Å². The van der Waals surface area contributed by atoms with Gasteiger partial charge in [-0.2, -0.15) is 0 Å². The average Bonchev–Trinajstić information content (AvgIpc) is 2.55. The number of hydrogen-bond donors (Lipinski definition) is 2. The van der Waals surface area contributed by atoms with Gasteiger partial charge in [0, 0.05) is 5.69 Å². The Hall–Kier alpha value is -2.29. The highest BCUT2D eigenvalue weighted by Gasteiger charge is 2.21. The predicted octanol–water partition coefficient (Wildman–Crippen LogP) is 4.45. The van der Waals surface area contributed by atoms with E-state index >= 15 is 0 Å². The molecular weight excluding hydrogens is 272 g/mol. The van der Waals surface area contributed by atoms with Crippen molar-refractivity contribution in [2.45, 2.75) is 38.6 Å². The normalized spacial score (nSPS) is 16.7. The van der Waals surface area contributed by atoms with Crippen molar-refractivity contribution in [2.24, 2.45) is 0 Å². The highest BCUT2D eigenvalue weighted by molar-refractivity contribution is 5.90. The second-order valence-corrected chi connectivity index (χ2v) is 5.75. The van der Waals surface area contributed by atoms with Gasteiger partial charge in [0.15, 0.2) is 0 Å². The molecule has 0 saturated heterocycles. The molecule has 3 rings (SSSR count). The minimum absolute atomic E-state index is 0.110. The highest BCUT2D eigenvalue weighted by Crippen LogP contribution is 2.29. The van der Waals surface area contributed by atoms with Gasteiger partial charge in [-0.15, -0.1) is 0 Å². The molecule has 22 heavy (non-hydrogen) atoms. The van der Waals surface area contributed by atoms with Gasteiger partial charge in [-0.1, -0.05) is 49.4 Å². The van der Waals surface area contributed by atoms with Crippen molar-refractivity contribution in [1.29, 1.82) is 0 Å². The number of anilines is 1. The van der Waals surface area contributed by atoms with Crippen LogP contribution in [0, 0.1) is 0 Å². The second-order valence-electron chi connectivity index (χ2n) is 5.75. The topological polar surface area (TPSA) is 41.1 Å². The van der Waals surface area contributed by atoms with Crippen LogP contribution >= 0.6 is 0 Å². The van der Waals surface area contributed by atoms with E-state index in [1.165, 1.54) is 11.1 Å². The molecule has 0 saturated carbocycles. The van der Waals surface area contributed by atoms with Crippen LogP contribution in [0.5, 0.6) is 0 Å². The van der Waals surface area contributed by atoms with E-state index in [4.69, 9.17) is 0 Å². The first-order valence-corrected chi connectivity index (χ1v) is 8.01. The van der Waals surface area contributed by atoms with Gasteiger partial charge in [0.25, 0.3) is 0 Å². The summed E-state index contributed by atoms with van der Waals surface area (Å²) < 4.78 is 0. The number of fused-ring (bicyclic) bond motifs is 1. The molecule has 3 heteroatoms. The highest BCUT2D eigenvalue weighted by atomic mass is 16.2. The smallest absolute Gasteiger partial charge is 0.319 e. The van der Waals surface area contributed by atoms with E-state index < -0.39 is 0 Å². The molecule has 2 N–H and O–H groups in total. The zero-order chi connectivity index (χ0) is 15.4.